The smallest absolute Gasteiger partial charge is 0.146 e. The van der Waals surface area contributed by atoms with E-state index in [1.807, 2.05) is 11.6 Å². The van der Waals surface area contributed by atoms with Crippen molar-refractivity contribution in [2.24, 2.45) is 7.05 Å². The zero-order valence-corrected chi connectivity index (χ0v) is 11.9. The Hall–Kier alpha value is -1.68. The molecule has 0 spiro atoms. The molecule has 1 heterocycles. The lowest BCUT2D eigenvalue weighted by Gasteiger charge is -2.14. The van der Waals surface area contributed by atoms with Gasteiger partial charge in [0.05, 0.1) is 6.54 Å². The van der Waals surface area contributed by atoms with Crippen LogP contribution in [0.15, 0.2) is 30.6 Å². The first kappa shape index (κ1) is 13.7. The molecular weight excluding hydrogens is 236 g/mol. The molecule has 1 atom stereocenters. The van der Waals surface area contributed by atoms with Crippen LogP contribution in [0.2, 0.25) is 0 Å². The third-order valence-corrected chi connectivity index (χ3v) is 3.39. The Labute approximate surface area is 114 Å². The van der Waals surface area contributed by atoms with E-state index in [0.717, 1.165) is 18.8 Å². The second kappa shape index (κ2) is 6.48. The van der Waals surface area contributed by atoms with E-state index in [2.05, 4.69) is 53.6 Å². The van der Waals surface area contributed by atoms with Crippen LogP contribution in [0.5, 0.6) is 0 Å². The summed E-state index contributed by atoms with van der Waals surface area (Å²) in [7, 11) is 1.96. The van der Waals surface area contributed by atoms with Crippen molar-refractivity contribution in [2.75, 3.05) is 0 Å². The van der Waals surface area contributed by atoms with E-state index in [-0.39, 0.29) is 0 Å². The maximum Gasteiger partial charge on any atom is 0.146 e. The van der Waals surface area contributed by atoms with E-state index < -0.39 is 0 Å². The van der Waals surface area contributed by atoms with E-state index in [9.17, 15) is 0 Å². The van der Waals surface area contributed by atoms with E-state index in [1.54, 1.807) is 6.33 Å². The first-order valence-electron chi connectivity index (χ1n) is 6.85. The molecule has 2 rings (SSSR count). The fraction of sp³-hybridized carbons (Fsp3) is 0.467. The van der Waals surface area contributed by atoms with Crippen LogP contribution in [-0.2, 0) is 20.0 Å². The van der Waals surface area contributed by atoms with Crippen molar-refractivity contribution in [1.82, 2.24) is 20.1 Å². The number of aryl methyl sites for hydroxylation is 2. The van der Waals surface area contributed by atoms with Gasteiger partial charge in [0.15, 0.2) is 0 Å². The average molecular weight is 258 g/mol. The molecule has 2 aromatic rings. The van der Waals surface area contributed by atoms with Crippen molar-refractivity contribution in [3.8, 4) is 0 Å². The highest BCUT2D eigenvalue weighted by Crippen LogP contribution is 2.14. The summed E-state index contributed by atoms with van der Waals surface area (Å²) in [5, 5.41) is 11.4. The Bertz CT molecular complexity index is 501. The number of rotatable bonds is 6. The van der Waals surface area contributed by atoms with Crippen molar-refractivity contribution in [1.29, 1.82) is 0 Å². The zero-order chi connectivity index (χ0) is 13.7. The minimum absolute atomic E-state index is 0.312. The topological polar surface area (TPSA) is 42.7 Å². The van der Waals surface area contributed by atoms with E-state index in [1.165, 1.54) is 17.5 Å². The summed E-state index contributed by atoms with van der Waals surface area (Å²) < 4.78 is 1.93. The van der Waals surface area contributed by atoms with Gasteiger partial charge in [0.1, 0.15) is 12.2 Å². The molecule has 1 N–H and O–H groups in total. The van der Waals surface area contributed by atoms with Gasteiger partial charge in [-0.1, -0.05) is 37.6 Å². The molecule has 1 unspecified atom stereocenters. The van der Waals surface area contributed by atoms with Crippen molar-refractivity contribution in [3.05, 3.63) is 47.5 Å². The first-order valence-corrected chi connectivity index (χ1v) is 6.85. The molecule has 4 heteroatoms. The van der Waals surface area contributed by atoms with Crippen LogP contribution in [-0.4, -0.2) is 14.8 Å². The van der Waals surface area contributed by atoms with Gasteiger partial charge in [-0.25, -0.2) is 0 Å². The number of hydrogen-bond donors (Lipinski definition) is 1. The van der Waals surface area contributed by atoms with Gasteiger partial charge >= 0.3 is 0 Å². The molecule has 0 aliphatic heterocycles. The number of hydrogen-bond acceptors (Lipinski definition) is 3. The SMILES string of the molecule is CCCc1ccc(C(C)NCc2nncn2C)cc1. The van der Waals surface area contributed by atoms with Crippen molar-refractivity contribution in [3.63, 3.8) is 0 Å². The Balaban J connectivity index is 1.92. The van der Waals surface area contributed by atoms with E-state index in [0.29, 0.717) is 6.04 Å². The third kappa shape index (κ3) is 3.64. The molecule has 1 aromatic carbocycles. The highest BCUT2D eigenvalue weighted by molar-refractivity contribution is 5.24. The standard InChI is InChI=1S/C15H22N4/c1-4-5-13-6-8-14(9-7-13)12(2)16-10-15-18-17-11-19(15)3/h6-9,11-12,16H,4-5,10H2,1-3H3. The van der Waals surface area contributed by atoms with Gasteiger partial charge in [-0.2, -0.15) is 0 Å². The summed E-state index contributed by atoms with van der Waals surface area (Å²) in [5.74, 6) is 0.953. The molecular formula is C15H22N4. The lowest BCUT2D eigenvalue weighted by atomic mass is 10.0. The number of benzene rings is 1. The van der Waals surface area contributed by atoms with Crippen LogP contribution >= 0.6 is 0 Å². The predicted octanol–water partition coefficient (Wildman–Crippen LogP) is 2.62. The Morgan fingerprint density at radius 1 is 1.26 bits per heavy atom. The summed E-state index contributed by atoms with van der Waals surface area (Å²) in [6, 6.07) is 9.17. The zero-order valence-electron chi connectivity index (χ0n) is 11.9. The van der Waals surface area contributed by atoms with E-state index in [4.69, 9.17) is 0 Å². The molecule has 0 aliphatic carbocycles. The van der Waals surface area contributed by atoms with Crippen molar-refractivity contribution < 1.29 is 0 Å². The van der Waals surface area contributed by atoms with Gasteiger partial charge in [-0.15, -0.1) is 10.2 Å². The van der Waals surface area contributed by atoms with Gasteiger partial charge < -0.3 is 9.88 Å². The van der Waals surface area contributed by atoms with Gasteiger partial charge in [0, 0.05) is 13.1 Å². The Morgan fingerprint density at radius 3 is 2.58 bits per heavy atom. The van der Waals surface area contributed by atoms with Gasteiger partial charge in [0.25, 0.3) is 0 Å². The van der Waals surface area contributed by atoms with Crippen LogP contribution in [0.25, 0.3) is 0 Å². The fourth-order valence-electron chi connectivity index (χ4n) is 2.09. The van der Waals surface area contributed by atoms with Gasteiger partial charge in [-0.3, -0.25) is 0 Å². The maximum absolute atomic E-state index is 4.07. The monoisotopic (exact) mass is 258 g/mol. The van der Waals surface area contributed by atoms with Crippen LogP contribution < -0.4 is 5.32 Å². The normalized spacial score (nSPS) is 12.6. The molecule has 0 fully saturated rings. The highest BCUT2D eigenvalue weighted by Gasteiger charge is 2.07. The van der Waals surface area contributed by atoms with Crippen LogP contribution in [0.1, 0.15) is 43.3 Å². The fourth-order valence-corrected chi connectivity index (χ4v) is 2.09. The molecule has 0 aliphatic rings. The number of nitrogens with one attached hydrogen (secondary N) is 1. The lowest BCUT2D eigenvalue weighted by Crippen LogP contribution is -2.20. The summed E-state index contributed by atoms with van der Waals surface area (Å²) in [6.07, 6.45) is 4.07. The van der Waals surface area contributed by atoms with Gasteiger partial charge in [0.2, 0.25) is 0 Å². The van der Waals surface area contributed by atoms with Gasteiger partial charge in [-0.05, 0) is 24.5 Å². The minimum atomic E-state index is 0.312. The average Bonchev–Trinajstić information content (AvgIpc) is 2.83. The second-order valence-corrected chi connectivity index (χ2v) is 4.95. The number of nitrogens with zero attached hydrogens (tertiary/aromatic N) is 3. The molecule has 4 nitrogen and oxygen atoms in total. The van der Waals surface area contributed by atoms with Crippen LogP contribution in [0.3, 0.4) is 0 Å². The Kier molecular flexibility index (Phi) is 4.68. The summed E-state index contributed by atoms with van der Waals surface area (Å²) in [5.41, 5.74) is 2.72. The Morgan fingerprint density at radius 2 is 2.00 bits per heavy atom. The maximum atomic E-state index is 4.07. The predicted molar refractivity (Wildman–Crippen MR) is 76.7 cm³/mol. The van der Waals surface area contributed by atoms with Crippen LogP contribution in [0, 0.1) is 0 Å². The minimum Gasteiger partial charge on any atom is -0.320 e. The second-order valence-electron chi connectivity index (χ2n) is 4.95. The molecule has 19 heavy (non-hydrogen) atoms. The largest absolute Gasteiger partial charge is 0.320 e. The third-order valence-electron chi connectivity index (χ3n) is 3.39. The highest BCUT2D eigenvalue weighted by atomic mass is 15.3. The number of aromatic nitrogens is 3. The summed E-state index contributed by atoms with van der Waals surface area (Å²) in [4.78, 5) is 0. The lowest BCUT2D eigenvalue weighted by molar-refractivity contribution is 0.548. The molecule has 1 aromatic heterocycles. The molecule has 102 valence electrons. The molecule has 0 bridgehead atoms. The molecule has 0 saturated carbocycles. The summed E-state index contributed by atoms with van der Waals surface area (Å²) >= 11 is 0. The van der Waals surface area contributed by atoms with Crippen molar-refractivity contribution in [2.45, 2.75) is 39.3 Å². The first-order chi connectivity index (χ1) is 9.20. The molecule has 0 amide bonds. The molecule has 0 saturated heterocycles. The molecule has 0 radical (unpaired) electrons. The summed E-state index contributed by atoms with van der Waals surface area (Å²) in [6.45, 7) is 5.11. The van der Waals surface area contributed by atoms with Crippen LogP contribution in [0.4, 0.5) is 0 Å². The van der Waals surface area contributed by atoms with Crippen molar-refractivity contribution >= 4 is 0 Å². The quantitative estimate of drug-likeness (QED) is 0.866. The van der Waals surface area contributed by atoms with E-state index >= 15 is 0 Å².